The maximum Gasteiger partial charge on any atom is 0.422 e. The van der Waals surface area contributed by atoms with Gasteiger partial charge in [0.1, 0.15) is 11.5 Å². The van der Waals surface area contributed by atoms with Crippen molar-refractivity contribution in [2.45, 2.75) is 31.7 Å². The van der Waals surface area contributed by atoms with E-state index >= 15 is 0 Å². The average molecular weight is 398 g/mol. The van der Waals surface area contributed by atoms with Gasteiger partial charge in [-0.3, -0.25) is 0 Å². The quantitative estimate of drug-likeness (QED) is 0.749. The molecule has 152 valence electrons. The third-order valence-electron chi connectivity index (χ3n) is 4.15. The van der Waals surface area contributed by atoms with Gasteiger partial charge in [0.25, 0.3) is 0 Å². The first kappa shape index (κ1) is 20.1. The Hall–Kier alpha value is -2.68. The minimum absolute atomic E-state index is 0.0202. The van der Waals surface area contributed by atoms with Crippen LogP contribution in [0.5, 0.6) is 5.75 Å². The number of furan rings is 1. The van der Waals surface area contributed by atoms with Crippen molar-refractivity contribution in [2.24, 2.45) is 0 Å². The molecule has 1 unspecified atom stereocenters. The van der Waals surface area contributed by atoms with Gasteiger partial charge in [-0.25, -0.2) is 4.79 Å². The summed E-state index contributed by atoms with van der Waals surface area (Å²) in [5.41, 5.74) is 0.335. The molecule has 2 amide bonds. The summed E-state index contributed by atoms with van der Waals surface area (Å²) in [5, 5.41) is 2.69. The van der Waals surface area contributed by atoms with E-state index in [9.17, 15) is 18.0 Å². The van der Waals surface area contributed by atoms with Crippen LogP contribution in [0.4, 0.5) is 23.7 Å². The Morgan fingerprint density at radius 2 is 2.14 bits per heavy atom. The van der Waals surface area contributed by atoms with E-state index in [1.807, 2.05) is 0 Å². The van der Waals surface area contributed by atoms with Gasteiger partial charge in [0.2, 0.25) is 0 Å². The smallest absolute Gasteiger partial charge is 0.422 e. The van der Waals surface area contributed by atoms with Crippen molar-refractivity contribution in [3.05, 3.63) is 48.4 Å². The van der Waals surface area contributed by atoms with E-state index in [1.165, 1.54) is 24.5 Å². The molecule has 1 atom stereocenters. The van der Waals surface area contributed by atoms with Crippen LogP contribution in [0.2, 0.25) is 0 Å². The maximum absolute atomic E-state index is 12.8. The number of nitrogens with one attached hydrogen (secondary N) is 1. The molecule has 3 rings (SSSR count). The van der Waals surface area contributed by atoms with E-state index in [0.29, 0.717) is 24.6 Å². The van der Waals surface area contributed by atoms with Gasteiger partial charge in [-0.05, 0) is 37.1 Å². The number of amides is 2. The van der Waals surface area contributed by atoms with Crippen LogP contribution in [0.15, 0.2) is 47.1 Å². The lowest BCUT2D eigenvalue weighted by atomic mass is 10.2. The molecule has 1 aliphatic rings. The Morgan fingerprint density at radius 3 is 2.82 bits per heavy atom. The Kier molecular flexibility index (Phi) is 6.45. The van der Waals surface area contributed by atoms with Crippen molar-refractivity contribution >= 4 is 11.7 Å². The van der Waals surface area contributed by atoms with Gasteiger partial charge in [-0.15, -0.1) is 0 Å². The molecule has 0 aliphatic carbocycles. The lowest BCUT2D eigenvalue weighted by Crippen LogP contribution is -2.39. The van der Waals surface area contributed by atoms with Crippen molar-refractivity contribution < 1.29 is 31.9 Å². The first-order chi connectivity index (χ1) is 13.4. The second-order valence-electron chi connectivity index (χ2n) is 6.46. The third-order valence-corrected chi connectivity index (χ3v) is 4.15. The molecule has 2 heterocycles. The summed E-state index contributed by atoms with van der Waals surface area (Å²) in [5.74, 6) is 0.641. The Bertz CT molecular complexity index is 759. The Balaban J connectivity index is 1.64. The molecule has 0 spiro atoms. The van der Waals surface area contributed by atoms with Gasteiger partial charge in [-0.1, -0.05) is 6.07 Å². The van der Waals surface area contributed by atoms with Crippen molar-refractivity contribution in [2.75, 3.05) is 25.1 Å². The largest absolute Gasteiger partial charge is 0.484 e. The second kappa shape index (κ2) is 9.01. The fourth-order valence-corrected chi connectivity index (χ4v) is 2.88. The molecule has 1 fully saturated rings. The van der Waals surface area contributed by atoms with Crippen LogP contribution in [0, 0.1) is 0 Å². The number of ether oxygens (including phenoxy) is 2. The van der Waals surface area contributed by atoms with Crippen molar-refractivity contribution in [1.82, 2.24) is 4.90 Å². The van der Waals surface area contributed by atoms with E-state index in [2.05, 4.69) is 5.32 Å². The van der Waals surface area contributed by atoms with Crippen LogP contribution in [-0.4, -0.2) is 43.0 Å². The van der Waals surface area contributed by atoms with Crippen LogP contribution in [0.3, 0.4) is 0 Å². The number of urea groups is 1. The number of carbonyl (C=O) groups is 1. The molecule has 1 saturated heterocycles. The summed E-state index contributed by atoms with van der Waals surface area (Å²) in [4.78, 5) is 14.3. The van der Waals surface area contributed by atoms with E-state index in [4.69, 9.17) is 13.9 Å². The Labute approximate surface area is 160 Å². The normalized spacial score (nSPS) is 16.8. The molecule has 1 aromatic carbocycles. The molecule has 2 aromatic rings. The fraction of sp³-hybridized carbons (Fsp3) is 0.421. The molecule has 28 heavy (non-hydrogen) atoms. The molecule has 6 nitrogen and oxygen atoms in total. The number of anilines is 1. The molecule has 1 N–H and O–H groups in total. The van der Waals surface area contributed by atoms with Gasteiger partial charge in [0.15, 0.2) is 6.61 Å². The fourth-order valence-electron chi connectivity index (χ4n) is 2.88. The zero-order valence-corrected chi connectivity index (χ0v) is 15.1. The van der Waals surface area contributed by atoms with Crippen molar-refractivity contribution in [1.29, 1.82) is 0 Å². The van der Waals surface area contributed by atoms with Crippen molar-refractivity contribution in [3.8, 4) is 5.75 Å². The molecular formula is C19H21F3N2O4. The lowest BCUT2D eigenvalue weighted by Gasteiger charge is -2.25. The summed E-state index contributed by atoms with van der Waals surface area (Å²) >= 11 is 0. The van der Waals surface area contributed by atoms with Crippen LogP contribution in [-0.2, 0) is 11.3 Å². The number of hydrogen-bond acceptors (Lipinski definition) is 4. The molecule has 9 heteroatoms. The number of alkyl halides is 3. The monoisotopic (exact) mass is 398 g/mol. The molecule has 1 aromatic heterocycles. The minimum Gasteiger partial charge on any atom is -0.484 e. The van der Waals surface area contributed by atoms with Crippen LogP contribution in [0.25, 0.3) is 0 Å². The number of benzene rings is 1. The highest BCUT2D eigenvalue weighted by molar-refractivity contribution is 5.89. The third kappa shape index (κ3) is 6.19. The van der Waals surface area contributed by atoms with E-state index in [1.54, 1.807) is 23.1 Å². The minimum atomic E-state index is -4.43. The summed E-state index contributed by atoms with van der Waals surface area (Å²) in [6.45, 7) is -0.0900. The van der Waals surface area contributed by atoms with E-state index < -0.39 is 18.8 Å². The van der Waals surface area contributed by atoms with Gasteiger partial charge in [0.05, 0.1) is 18.9 Å². The number of hydrogen-bond donors (Lipinski definition) is 1. The van der Waals surface area contributed by atoms with E-state index in [0.717, 1.165) is 12.8 Å². The van der Waals surface area contributed by atoms with Gasteiger partial charge < -0.3 is 24.1 Å². The first-order valence-corrected chi connectivity index (χ1v) is 8.88. The highest BCUT2D eigenvalue weighted by Gasteiger charge is 2.28. The predicted molar refractivity (Wildman–Crippen MR) is 95.1 cm³/mol. The summed E-state index contributed by atoms with van der Waals surface area (Å²) in [6, 6.07) is 8.93. The lowest BCUT2D eigenvalue weighted by molar-refractivity contribution is -0.153. The molecule has 0 bridgehead atoms. The van der Waals surface area contributed by atoms with Gasteiger partial charge in [0, 0.05) is 24.9 Å². The zero-order valence-electron chi connectivity index (χ0n) is 15.1. The number of halogens is 3. The van der Waals surface area contributed by atoms with Crippen molar-refractivity contribution in [3.63, 3.8) is 0 Å². The maximum atomic E-state index is 12.8. The standard InChI is InChI=1S/C19H21F3N2O4/c20-19(21,22)13-28-15-5-1-4-14(10-15)23-18(25)24(11-16-6-2-8-26-16)12-17-7-3-9-27-17/h1-2,4-6,8,10,17H,3,7,9,11-13H2,(H,23,25). The number of rotatable bonds is 7. The predicted octanol–water partition coefficient (Wildman–Crippen LogP) is 4.43. The van der Waals surface area contributed by atoms with Gasteiger partial charge in [-0.2, -0.15) is 13.2 Å². The molecule has 1 aliphatic heterocycles. The number of nitrogens with zero attached hydrogens (tertiary/aromatic N) is 1. The highest BCUT2D eigenvalue weighted by atomic mass is 19.4. The van der Waals surface area contributed by atoms with Crippen LogP contribution in [0.1, 0.15) is 18.6 Å². The van der Waals surface area contributed by atoms with E-state index in [-0.39, 0.29) is 18.4 Å². The topological polar surface area (TPSA) is 63.9 Å². The highest BCUT2D eigenvalue weighted by Crippen LogP contribution is 2.22. The first-order valence-electron chi connectivity index (χ1n) is 8.88. The second-order valence-corrected chi connectivity index (χ2v) is 6.46. The molecular weight excluding hydrogens is 377 g/mol. The SMILES string of the molecule is O=C(Nc1cccc(OCC(F)(F)F)c1)N(Cc1ccco1)CC1CCCO1. The van der Waals surface area contributed by atoms with Crippen LogP contribution >= 0.6 is 0 Å². The summed E-state index contributed by atoms with van der Waals surface area (Å²) in [6.07, 6.45) is -1.15. The zero-order chi connectivity index (χ0) is 20.0. The van der Waals surface area contributed by atoms with Gasteiger partial charge >= 0.3 is 12.2 Å². The van der Waals surface area contributed by atoms with Crippen LogP contribution < -0.4 is 10.1 Å². The Morgan fingerprint density at radius 1 is 1.29 bits per heavy atom. The molecule has 0 radical (unpaired) electrons. The average Bonchev–Trinajstić information content (AvgIpc) is 3.33. The summed E-state index contributed by atoms with van der Waals surface area (Å²) in [7, 11) is 0. The summed E-state index contributed by atoms with van der Waals surface area (Å²) < 4.78 is 52.6. The number of carbonyl (C=O) groups excluding carboxylic acids is 1. The molecule has 0 saturated carbocycles.